The van der Waals surface area contributed by atoms with Gasteiger partial charge in [0.15, 0.2) is 0 Å². The van der Waals surface area contributed by atoms with E-state index >= 15 is 0 Å². The van der Waals surface area contributed by atoms with Crippen molar-refractivity contribution in [3.05, 3.63) is 48.0 Å². The van der Waals surface area contributed by atoms with E-state index in [1.807, 2.05) is 0 Å². The van der Waals surface area contributed by atoms with Gasteiger partial charge in [-0.05, 0) is 241 Å². The molecule has 54 heavy (non-hydrogen) atoms. The highest BCUT2D eigenvalue weighted by atomic mass is 16.5. The highest BCUT2D eigenvalue weighted by Gasteiger charge is 3.02. The monoisotopic (exact) mass is 716 g/mol. The molecule has 0 aromatic heterocycles. The summed E-state index contributed by atoms with van der Waals surface area (Å²) in [5, 5.41) is 0. The standard InChI is InChI=1S/C52H60O2/c1-54-30(53)8-5-18-50(20-6-3-2-4-7-20)51-19-17-28-27-14-13-24-23-10-9-21-22-11-12-25-26-15-16-29(51)38-37(26)41-34(25)33(22)39-31(21)32(23)40-35(24)36(27)46-45-43(40)42(39)44(41)47(45)49(38)52(50,51)48(28)46/h2-4,6-7,17,19,21-29,31-49H,5,8-16,18H2,1H3. The largest absolute Gasteiger partial charge is 0.469 e. The van der Waals surface area contributed by atoms with Crippen LogP contribution in [0.25, 0.3) is 0 Å². The first-order chi connectivity index (χ1) is 26.7. The molecular formula is C52H60O2. The second-order valence-electron chi connectivity index (χ2n) is 24.8. The van der Waals surface area contributed by atoms with Crippen LogP contribution in [0.3, 0.4) is 0 Å². The summed E-state index contributed by atoms with van der Waals surface area (Å²) >= 11 is 0. The van der Waals surface area contributed by atoms with Crippen molar-refractivity contribution in [3.8, 4) is 0 Å². The van der Waals surface area contributed by atoms with Crippen molar-refractivity contribution in [1.29, 1.82) is 0 Å². The summed E-state index contributed by atoms with van der Waals surface area (Å²) in [7, 11) is 1.62. The molecule has 16 saturated carbocycles. The molecule has 1 aromatic carbocycles. The van der Waals surface area contributed by atoms with Crippen molar-refractivity contribution in [2.75, 3.05) is 7.11 Å². The SMILES string of the molecule is COC(=O)CCCC1(c2ccccc2)C23C=CC4C5CCC6C7CCC8C9CCC%10C%11CCC2C2C%11C%11C%10C9C9C8C7C7C6C5C5C6C7C9C%11C6C2C13C45. The normalized spacial score (nSPS) is 73.1. The molecule has 280 valence electrons. The van der Waals surface area contributed by atoms with Crippen molar-refractivity contribution in [1.82, 2.24) is 0 Å². The Kier molecular flexibility index (Phi) is 4.43. The molecule has 0 aliphatic heterocycles. The van der Waals surface area contributed by atoms with Crippen LogP contribution in [-0.2, 0) is 14.9 Å². The molecule has 17 aliphatic carbocycles. The van der Waals surface area contributed by atoms with Gasteiger partial charge in [-0.15, -0.1) is 0 Å². The van der Waals surface area contributed by atoms with E-state index in [1.54, 1.807) is 64.0 Å². The van der Waals surface area contributed by atoms with Gasteiger partial charge in [0, 0.05) is 17.3 Å². The Morgan fingerprint density at radius 3 is 1.67 bits per heavy atom. The molecule has 0 N–H and O–H groups in total. The fourth-order valence-corrected chi connectivity index (χ4v) is 28.4. The van der Waals surface area contributed by atoms with Gasteiger partial charge in [-0.2, -0.15) is 0 Å². The van der Waals surface area contributed by atoms with Crippen molar-refractivity contribution in [2.45, 2.75) is 76.0 Å². The lowest BCUT2D eigenvalue weighted by Crippen LogP contribution is -2.61. The van der Waals surface area contributed by atoms with Crippen LogP contribution < -0.4 is 0 Å². The highest BCUT2D eigenvalue weighted by Crippen LogP contribution is 3.04. The summed E-state index contributed by atoms with van der Waals surface area (Å²) in [6, 6.07) is 12.4. The van der Waals surface area contributed by atoms with Crippen LogP contribution >= 0.6 is 0 Å². The Hall–Kier alpha value is -1.57. The molecule has 0 bridgehead atoms. The van der Waals surface area contributed by atoms with E-state index in [1.165, 1.54) is 18.3 Å². The minimum atomic E-state index is 0.0254. The average molecular weight is 717 g/mol. The van der Waals surface area contributed by atoms with Crippen LogP contribution in [0.15, 0.2) is 42.5 Å². The molecule has 2 nitrogen and oxygen atoms in total. The van der Waals surface area contributed by atoms with Gasteiger partial charge in [-0.25, -0.2) is 0 Å². The zero-order valence-electron chi connectivity index (χ0n) is 32.3. The lowest BCUT2D eigenvalue weighted by Gasteiger charge is -2.64. The lowest BCUT2D eigenvalue weighted by molar-refractivity contribution is -0.169. The Labute approximate surface area is 322 Å². The number of allylic oxidation sites excluding steroid dienone is 2. The van der Waals surface area contributed by atoms with Gasteiger partial charge in [0.05, 0.1) is 7.11 Å². The van der Waals surface area contributed by atoms with Crippen molar-refractivity contribution in [2.24, 2.45) is 177 Å². The predicted molar refractivity (Wildman–Crippen MR) is 203 cm³/mol. The second-order valence-corrected chi connectivity index (χ2v) is 24.8. The third-order valence-corrected chi connectivity index (χ3v) is 26.6. The number of carbonyl (C=O) groups excluding carboxylic acids is 1. The highest BCUT2D eigenvalue weighted by molar-refractivity contribution is 5.69. The Bertz CT molecular complexity index is 2030. The van der Waals surface area contributed by atoms with Gasteiger partial charge < -0.3 is 4.74 Å². The maximum Gasteiger partial charge on any atom is 0.305 e. The molecule has 0 amide bonds. The molecule has 31 atom stereocenters. The molecule has 16 fully saturated rings. The third-order valence-electron chi connectivity index (χ3n) is 26.6. The minimum Gasteiger partial charge on any atom is -0.469 e. The van der Waals surface area contributed by atoms with Gasteiger partial charge in [0.25, 0.3) is 0 Å². The first kappa shape index (κ1) is 28.8. The number of rotatable bonds is 5. The van der Waals surface area contributed by atoms with Crippen LogP contribution in [0.2, 0.25) is 0 Å². The Balaban J connectivity index is 0.963. The topological polar surface area (TPSA) is 26.3 Å². The van der Waals surface area contributed by atoms with E-state index in [9.17, 15) is 4.79 Å². The maximum atomic E-state index is 13.0. The molecule has 0 radical (unpaired) electrons. The quantitative estimate of drug-likeness (QED) is 0.224. The predicted octanol–water partition coefficient (Wildman–Crippen LogP) is 9.40. The van der Waals surface area contributed by atoms with Crippen molar-refractivity contribution >= 4 is 5.97 Å². The number of esters is 1. The third kappa shape index (κ3) is 2.24. The smallest absolute Gasteiger partial charge is 0.305 e. The molecule has 1 spiro atoms. The van der Waals surface area contributed by atoms with Gasteiger partial charge in [-0.3, -0.25) is 4.79 Å². The second kappa shape index (κ2) is 8.31. The molecular weight excluding hydrogens is 657 g/mol. The number of fused-ring (bicyclic) bond motifs is 4. The van der Waals surface area contributed by atoms with Crippen LogP contribution in [-0.4, -0.2) is 13.1 Å². The summed E-state index contributed by atoms with van der Waals surface area (Å²) in [6.45, 7) is 0. The molecule has 17 aliphatic rings. The number of hydrogen-bond donors (Lipinski definition) is 0. The average Bonchev–Trinajstić information content (AvgIpc) is 3.88. The van der Waals surface area contributed by atoms with E-state index in [0.29, 0.717) is 17.3 Å². The molecule has 18 rings (SSSR count). The van der Waals surface area contributed by atoms with Crippen LogP contribution in [0.4, 0.5) is 0 Å². The van der Waals surface area contributed by atoms with Crippen LogP contribution in [0.1, 0.15) is 76.2 Å². The van der Waals surface area contributed by atoms with Gasteiger partial charge in [-0.1, -0.05) is 42.5 Å². The van der Waals surface area contributed by atoms with Gasteiger partial charge >= 0.3 is 5.97 Å². The number of ether oxygens (including phenoxy) is 1. The summed E-state index contributed by atoms with van der Waals surface area (Å²) < 4.78 is 5.38. The lowest BCUT2D eigenvalue weighted by atomic mass is 9.40. The summed E-state index contributed by atoms with van der Waals surface area (Å²) in [6.07, 6.45) is 22.0. The van der Waals surface area contributed by atoms with E-state index in [2.05, 4.69) is 42.5 Å². The number of carbonyl (C=O) groups is 1. The van der Waals surface area contributed by atoms with E-state index < -0.39 is 0 Å². The molecule has 1 aromatic rings. The first-order valence-electron chi connectivity index (χ1n) is 24.5. The van der Waals surface area contributed by atoms with E-state index in [-0.39, 0.29) is 11.4 Å². The van der Waals surface area contributed by atoms with Crippen LogP contribution in [0, 0.1) is 177 Å². The molecule has 31 unspecified atom stereocenters. The number of methoxy groups -OCH3 is 1. The summed E-state index contributed by atoms with van der Waals surface area (Å²) in [5.74, 6) is 30.3. The minimum absolute atomic E-state index is 0.0254. The number of benzene rings is 1. The Morgan fingerprint density at radius 2 is 1.06 bits per heavy atom. The molecule has 0 heterocycles. The fourth-order valence-electron chi connectivity index (χ4n) is 28.4. The van der Waals surface area contributed by atoms with Gasteiger partial charge in [0.1, 0.15) is 0 Å². The summed E-state index contributed by atoms with van der Waals surface area (Å²) in [4.78, 5) is 13.0. The molecule has 2 heteroatoms. The molecule has 0 saturated heterocycles. The van der Waals surface area contributed by atoms with Crippen molar-refractivity contribution < 1.29 is 9.53 Å². The van der Waals surface area contributed by atoms with E-state index in [4.69, 9.17) is 4.74 Å². The Morgan fingerprint density at radius 1 is 0.574 bits per heavy atom. The number of hydrogen-bond acceptors (Lipinski definition) is 2. The zero-order valence-corrected chi connectivity index (χ0v) is 32.3. The zero-order chi connectivity index (χ0) is 34.3. The maximum absolute atomic E-state index is 13.0. The van der Waals surface area contributed by atoms with Gasteiger partial charge in [0.2, 0.25) is 0 Å². The van der Waals surface area contributed by atoms with E-state index in [0.717, 1.165) is 160 Å². The van der Waals surface area contributed by atoms with Crippen LogP contribution in [0.5, 0.6) is 0 Å². The first-order valence-corrected chi connectivity index (χ1v) is 24.5. The fraction of sp³-hybridized carbons (Fsp3) is 0.827. The summed E-state index contributed by atoms with van der Waals surface area (Å²) in [5.41, 5.74) is 2.73. The van der Waals surface area contributed by atoms with Crippen molar-refractivity contribution in [3.63, 3.8) is 0 Å².